The zero-order valence-electron chi connectivity index (χ0n) is 18.3. The first-order valence-electron chi connectivity index (χ1n) is 10.3. The average molecular weight is 548 g/mol. The zero-order chi connectivity index (χ0) is 25.2. The molecule has 3 aromatic rings. The van der Waals surface area contributed by atoms with E-state index in [9.17, 15) is 21.6 Å². The standard InChI is InChI=1S/C21H21ClF3N5O3S2/c1-29-4-6-30(7-5-29)18-8-13(33-21(24)25)2-3-16(18)27-17-10-15(23)19(9-14(17)22)35(31,32)28-20-11-34-12-26-20/h2-3,8-12,21,27-28H,4-7H2,1H3. The van der Waals surface area contributed by atoms with Crippen LogP contribution in [0.4, 0.5) is 36.1 Å². The number of halogens is 4. The SMILES string of the molecule is CN1CCN(c2cc(OC(F)F)ccc2Nc2cc(F)c(S(=O)(=O)Nc3cscn3)cc2Cl)CC1. The molecular formula is C21H21ClF3N5O3S2. The Morgan fingerprint density at radius 1 is 1.14 bits per heavy atom. The summed E-state index contributed by atoms with van der Waals surface area (Å²) in [5.74, 6) is -0.986. The first-order chi connectivity index (χ1) is 16.6. The molecule has 188 valence electrons. The molecule has 0 spiro atoms. The van der Waals surface area contributed by atoms with Gasteiger partial charge in [-0.1, -0.05) is 11.6 Å². The number of sulfonamides is 1. The summed E-state index contributed by atoms with van der Waals surface area (Å²) >= 11 is 7.50. The summed E-state index contributed by atoms with van der Waals surface area (Å²) in [5, 5.41) is 4.41. The monoisotopic (exact) mass is 547 g/mol. The molecule has 0 amide bonds. The Kier molecular flexibility index (Phi) is 7.59. The Hall–Kier alpha value is -2.74. The van der Waals surface area contributed by atoms with E-state index in [-0.39, 0.29) is 22.3 Å². The van der Waals surface area contributed by atoms with Gasteiger partial charge in [0.05, 0.1) is 27.6 Å². The minimum atomic E-state index is -4.27. The summed E-state index contributed by atoms with van der Waals surface area (Å²) in [6, 6.07) is 6.32. The van der Waals surface area contributed by atoms with Crippen LogP contribution in [0.15, 0.2) is 46.1 Å². The normalized spacial score (nSPS) is 14.9. The van der Waals surface area contributed by atoms with E-state index < -0.39 is 27.3 Å². The van der Waals surface area contributed by atoms with Gasteiger partial charge in [-0.05, 0) is 25.2 Å². The number of anilines is 4. The number of hydrogen-bond donors (Lipinski definition) is 2. The average Bonchev–Trinajstić information content (AvgIpc) is 3.29. The third-order valence-corrected chi connectivity index (χ3v) is 7.56. The van der Waals surface area contributed by atoms with Gasteiger partial charge in [0.25, 0.3) is 10.0 Å². The maximum absolute atomic E-state index is 14.9. The van der Waals surface area contributed by atoms with Gasteiger partial charge >= 0.3 is 6.61 Å². The summed E-state index contributed by atoms with van der Waals surface area (Å²) in [7, 11) is -2.29. The smallest absolute Gasteiger partial charge is 0.387 e. The minimum absolute atomic E-state index is 0.0219. The van der Waals surface area contributed by atoms with Crippen LogP contribution >= 0.6 is 22.9 Å². The number of aromatic nitrogens is 1. The van der Waals surface area contributed by atoms with Gasteiger partial charge in [0.2, 0.25) is 0 Å². The predicted octanol–water partition coefficient (Wildman–Crippen LogP) is 4.83. The molecule has 14 heteroatoms. The van der Waals surface area contributed by atoms with E-state index in [4.69, 9.17) is 11.6 Å². The Morgan fingerprint density at radius 2 is 1.89 bits per heavy atom. The van der Waals surface area contributed by atoms with Gasteiger partial charge in [-0.25, -0.2) is 17.8 Å². The summed E-state index contributed by atoms with van der Waals surface area (Å²) in [5.41, 5.74) is 2.57. The summed E-state index contributed by atoms with van der Waals surface area (Å²) in [4.78, 5) is 7.31. The molecule has 0 saturated carbocycles. The Morgan fingerprint density at radius 3 is 2.54 bits per heavy atom. The molecule has 1 aliphatic heterocycles. The Balaban J connectivity index is 1.64. The van der Waals surface area contributed by atoms with Crippen LogP contribution in [-0.2, 0) is 10.0 Å². The van der Waals surface area contributed by atoms with Crippen molar-refractivity contribution in [2.75, 3.05) is 48.2 Å². The van der Waals surface area contributed by atoms with E-state index in [1.165, 1.54) is 40.4 Å². The lowest BCUT2D eigenvalue weighted by molar-refractivity contribution is -0.0498. The molecule has 1 aliphatic rings. The van der Waals surface area contributed by atoms with Gasteiger partial charge in [0.15, 0.2) is 5.82 Å². The molecular weight excluding hydrogens is 527 g/mol. The van der Waals surface area contributed by atoms with E-state index in [2.05, 4.69) is 24.7 Å². The van der Waals surface area contributed by atoms with Gasteiger partial charge in [-0.2, -0.15) is 8.78 Å². The maximum atomic E-state index is 14.9. The molecule has 1 aromatic heterocycles. The number of benzene rings is 2. The molecule has 2 heterocycles. The quantitative estimate of drug-likeness (QED) is 0.417. The molecule has 0 unspecified atom stereocenters. The number of alkyl halides is 2. The molecule has 0 atom stereocenters. The first kappa shape index (κ1) is 25.4. The molecule has 0 bridgehead atoms. The zero-order valence-corrected chi connectivity index (χ0v) is 20.7. The van der Waals surface area contributed by atoms with Crippen LogP contribution in [0.3, 0.4) is 0 Å². The fourth-order valence-corrected chi connectivity index (χ4v) is 5.45. The lowest BCUT2D eigenvalue weighted by Crippen LogP contribution is -2.44. The number of hydrogen-bond acceptors (Lipinski definition) is 8. The van der Waals surface area contributed by atoms with Gasteiger partial charge in [-0.3, -0.25) is 4.72 Å². The molecule has 4 rings (SSSR count). The third-order valence-electron chi connectivity index (χ3n) is 5.29. The summed E-state index contributed by atoms with van der Waals surface area (Å²) in [6.45, 7) is -0.207. The number of likely N-dealkylation sites (N-methyl/N-ethyl adjacent to an activating group) is 1. The molecule has 0 aliphatic carbocycles. The number of thiazole rings is 1. The van der Waals surface area contributed by atoms with Crippen molar-refractivity contribution in [1.29, 1.82) is 0 Å². The highest BCUT2D eigenvalue weighted by molar-refractivity contribution is 7.92. The molecule has 1 saturated heterocycles. The van der Waals surface area contributed by atoms with Crippen LogP contribution in [0.2, 0.25) is 5.02 Å². The van der Waals surface area contributed by atoms with Gasteiger partial charge in [-0.15, -0.1) is 11.3 Å². The Labute approximate surface area is 209 Å². The van der Waals surface area contributed by atoms with Crippen LogP contribution < -0.4 is 19.7 Å². The van der Waals surface area contributed by atoms with Gasteiger partial charge in [0.1, 0.15) is 16.5 Å². The number of rotatable bonds is 8. The van der Waals surface area contributed by atoms with Crippen molar-refractivity contribution in [2.45, 2.75) is 11.5 Å². The predicted molar refractivity (Wildman–Crippen MR) is 130 cm³/mol. The van der Waals surface area contributed by atoms with Gasteiger partial charge in [0, 0.05) is 43.7 Å². The van der Waals surface area contributed by atoms with Crippen molar-refractivity contribution < 1.29 is 26.3 Å². The highest BCUT2D eigenvalue weighted by Crippen LogP contribution is 2.37. The van der Waals surface area contributed by atoms with Crippen LogP contribution in [0.5, 0.6) is 5.75 Å². The van der Waals surface area contributed by atoms with Crippen molar-refractivity contribution in [3.8, 4) is 5.75 Å². The molecule has 35 heavy (non-hydrogen) atoms. The molecule has 2 aromatic carbocycles. The van der Waals surface area contributed by atoms with Crippen LogP contribution in [-0.4, -0.2) is 58.1 Å². The topological polar surface area (TPSA) is 86.8 Å². The highest BCUT2D eigenvalue weighted by Gasteiger charge is 2.24. The molecule has 1 fully saturated rings. The second kappa shape index (κ2) is 10.5. The van der Waals surface area contributed by atoms with Crippen LogP contribution in [0, 0.1) is 5.82 Å². The van der Waals surface area contributed by atoms with Crippen LogP contribution in [0.25, 0.3) is 0 Å². The van der Waals surface area contributed by atoms with Crippen molar-refractivity contribution in [2.24, 2.45) is 0 Å². The molecule has 8 nitrogen and oxygen atoms in total. The third kappa shape index (κ3) is 6.10. The van der Waals surface area contributed by atoms with Crippen LogP contribution in [0.1, 0.15) is 0 Å². The Bertz CT molecular complexity index is 1290. The van der Waals surface area contributed by atoms with Crippen molar-refractivity contribution in [3.05, 3.63) is 52.1 Å². The second-order valence-corrected chi connectivity index (χ2v) is 10.5. The number of nitrogens with one attached hydrogen (secondary N) is 2. The van der Waals surface area contributed by atoms with Crippen molar-refractivity contribution in [3.63, 3.8) is 0 Å². The number of piperazine rings is 1. The van der Waals surface area contributed by atoms with E-state index in [0.717, 1.165) is 25.2 Å². The highest BCUT2D eigenvalue weighted by atomic mass is 35.5. The van der Waals surface area contributed by atoms with E-state index >= 15 is 0 Å². The number of nitrogens with zero attached hydrogens (tertiary/aromatic N) is 3. The lowest BCUT2D eigenvalue weighted by atomic mass is 10.2. The van der Waals surface area contributed by atoms with E-state index in [0.29, 0.717) is 24.5 Å². The molecule has 0 radical (unpaired) electrons. The molecule has 2 N–H and O–H groups in total. The van der Waals surface area contributed by atoms with Crippen molar-refractivity contribution in [1.82, 2.24) is 9.88 Å². The first-order valence-corrected chi connectivity index (χ1v) is 13.1. The van der Waals surface area contributed by atoms with E-state index in [1.54, 1.807) is 0 Å². The van der Waals surface area contributed by atoms with Crippen molar-refractivity contribution >= 4 is 55.8 Å². The minimum Gasteiger partial charge on any atom is -0.435 e. The lowest BCUT2D eigenvalue weighted by Gasteiger charge is -2.35. The summed E-state index contributed by atoms with van der Waals surface area (Å²) < 4.78 is 72.4. The maximum Gasteiger partial charge on any atom is 0.387 e. The van der Waals surface area contributed by atoms with Gasteiger partial charge < -0.3 is 19.9 Å². The second-order valence-electron chi connectivity index (χ2n) is 7.71. The number of ether oxygens (including phenoxy) is 1. The summed E-state index contributed by atoms with van der Waals surface area (Å²) in [6.07, 6.45) is 0. The fraction of sp³-hybridized carbons (Fsp3) is 0.286. The fourth-order valence-electron chi connectivity index (χ4n) is 3.53. The van der Waals surface area contributed by atoms with E-state index in [1.807, 2.05) is 11.9 Å². The largest absolute Gasteiger partial charge is 0.435 e.